The summed E-state index contributed by atoms with van der Waals surface area (Å²) in [5, 5.41) is 2.81. The van der Waals surface area contributed by atoms with E-state index in [2.05, 4.69) is 5.32 Å². The molecule has 1 aromatic carbocycles. The Morgan fingerprint density at radius 2 is 2.24 bits per heavy atom. The molecule has 5 heteroatoms. The highest BCUT2D eigenvalue weighted by Gasteiger charge is 2.11. The molecular formula is C12H17FN2OS. The number of rotatable bonds is 5. The summed E-state index contributed by atoms with van der Waals surface area (Å²) in [7, 11) is 0. The zero-order chi connectivity index (χ0) is 12.8. The molecule has 1 amide bonds. The number of carbonyl (C=O) groups is 1. The van der Waals surface area contributed by atoms with Gasteiger partial charge in [-0.3, -0.25) is 4.79 Å². The maximum atomic E-state index is 13.1. The summed E-state index contributed by atoms with van der Waals surface area (Å²) in [6.45, 7) is 1.93. The van der Waals surface area contributed by atoms with Gasteiger partial charge in [-0.25, -0.2) is 4.39 Å². The van der Waals surface area contributed by atoms with Crippen LogP contribution in [-0.4, -0.2) is 24.0 Å². The van der Waals surface area contributed by atoms with Gasteiger partial charge in [-0.1, -0.05) is 0 Å². The number of nitrogen functional groups attached to an aromatic ring is 1. The van der Waals surface area contributed by atoms with Crippen molar-refractivity contribution >= 4 is 23.4 Å². The van der Waals surface area contributed by atoms with Crippen LogP contribution in [-0.2, 0) is 0 Å². The third-order valence-electron chi connectivity index (χ3n) is 2.31. The minimum atomic E-state index is -0.494. The Labute approximate surface area is 105 Å². The van der Waals surface area contributed by atoms with Crippen LogP contribution in [0.25, 0.3) is 0 Å². The Kier molecular flexibility index (Phi) is 5.28. The van der Waals surface area contributed by atoms with Crippen molar-refractivity contribution in [1.82, 2.24) is 5.32 Å². The molecule has 0 aromatic heterocycles. The molecule has 94 valence electrons. The van der Waals surface area contributed by atoms with Crippen molar-refractivity contribution in [3.05, 3.63) is 29.6 Å². The molecule has 0 saturated heterocycles. The Hall–Kier alpha value is -1.23. The summed E-state index contributed by atoms with van der Waals surface area (Å²) in [4.78, 5) is 11.8. The van der Waals surface area contributed by atoms with Gasteiger partial charge in [0.25, 0.3) is 5.91 Å². The van der Waals surface area contributed by atoms with Crippen LogP contribution in [0, 0.1) is 5.82 Å². The number of thioether (sulfide) groups is 1. The molecule has 0 spiro atoms. The van der Waals surface area contributed by atoms with Gasteiger partial charge in [0.2, 0.25) is 0 Å². The lowest BCUT2D eigenvalue weighted by Crippen LogP contribution is -2.33. The quantitative estimate of drug-likeness (QED) is 0.795. The molecule has 1 rings (SSSR count). The van der Waals surface area contributed by atoms with E-state index in [1.54, 1.807) is 11.8 Å². The zero-order valence-corrected chi connectivity index (χ0v) is 10.8. The number of amides is 1. The first kappa shape index (κ1) is 13.8. The Morgan fingerprint density at radius 1 is 1.53 bits per heavy atom. The smallest absolute Gasteiger partial charge is 0.251 e. The summed E-state index contributed by atoms with van der Waals surface area (Å²) in [6.07, 6.45) is 2.90. The number of anilines is 1. The van der Waals surface area contributed by atoms with Gasteiger partial charge in [-0.15, -0.1) is 0 Å². The van der Waals surface area contributed by atoms with Crippen molar-refractivity contribution in [2.75, 3.05) is 17.7 Å². The van der Waals surface area contributed by atoms with E-state index in [0.29, 0.717) is 0 Å². The van der Waals surface area contributed by atoms with Crippen molar-refractivity contribution in [2.45, 2.75) is 19.4 Å². The number of hydrogen-bond donors (Lipinski definition) is 2. The van der Waals surface area contributed by atoms with Crippen LogP contribution >= 0.6 is 11.8 Å². The van der Waals surface area contributed by atoms with Gasteiger partial charge in [-0.2, -0.15) is 11.8 Å². The Bertz CT molecular complexity index is 378. The summed E-state index contributed by atoms with van der Waals surface area (Å²) < 4.78 is 13.1. The molecule has 1 atom stereocenters. The number of hydrogen-bond acceptors (Lipinski definition) is 3. The second kappa shape index (κ2) is 6.49. The first-order chi connectivity index (χ1) is 8.02. The number of benzene rings is 1. The second-order valence-electron chi connectivity index (χ2n) is 3.93. The summed E-state index contributed by atoms with van der Waals surface area (Å²) >= 11 is 1.73. The van der Waals surface area contributed by atoms with E-state index in [1.165, 1.54) is 18.2 Å². The molecule has 17 heavy (non-hydrogen) atoms. The van der Waals surface area contributed by atoms with Crippen LogP contribution in [0.1, 0.15) is 23.7 Å². The monoisotopic (exact) mass is 256 g/mol. The molecule has 0 radical (unpaired) electrons. The Morgan fingerprint density at radius 3 is 2.82 bits per heavy atom. The number of carbonyl (C=O) groups excluding carboxylic acids is 1. The molecule has 0 heterocycles. The van der Waals surface area contributed by atoms with E-state index in [0.717, 1.165) is 12.2 Å². The molecule has 1 aromatic rings. The molecular weight excluding hydrogens is 239 g/mol. The number of nitrogens with one attached hydrogen (secondary N) is 1. The third-order valence-corrected chi connectivity index (χ3v) is 2.96. The predicted octanol–water partition coefficient (Wildman–Crippen LogP) is 2.28. The van der Waals surface area contributed by atoms with Crippen molar-refractivity contribution < 1.29 is 9.18 Å². The molecule has 0 bridgehead atoms. The van der Waals surface area contributed by atoms with Crippen LogP contribution in [0.3, 0.4) is 0 Å². The first-order valence-electron chi connectivity index (χ1n) is 5.39. The standard InChI is InChI=1S/C12H17FN2OS/c1-8(3-4-17-2)15-12(16)9-5-10(13)7-11(14)6-9/h5-8H,3-4,14H2,1-2H3,(H,15,16). The van der Waals surface area contributed by atoms with Crippen LogP contribution < -0.4 is 11.1 Å². The second-order valence-corrected chi connectivity index (χ2v) is 4.91. The SMILES string of the molecule is CSCCC(C)NC(=O)c1cc(N)cc(F)c1. The highest BCUT2D eigenvalue weighted by Crippen LogP contribution is 2.11. The molecule has 1 unspecified atom stereocenters. The lowest BCUT2D eigenvalue weighted by Gasteiger charge is -2.13. The number of nitrogens with two attached hydrogens (primary N) is 1. The first-order valence-corrected chi connectivity index (χ1v) is 6.78. The van der Waals surface area contributed by atoms with Crippen LogP contribution in [0.2, 0.25) is 0 Å². The average Bonchev–Trinajstić information content (AvgIpc) is 2.25. The number of halogens is 1. The minimum absolute atomic E-state index is 0.0689. The van der Waals surface area contributed by atoms with E-state index in [9.17, 15) is 9.18 Å². The lowest BCUT2D eigenvalue weighted by atomic mass is 10.1. The van der Waals surface area contributed by atoms with Gasteiger partial charge >= 0.3 is 0 Å². The van der Waals surface area contributed by atoms with Crippen LogP contribution in [0.5, 0.6) is 0 Å². The Balaban J connectivity index is 2.63. The van der Waals surface area contributed by atoms with E-state index in [-0.39, 0.29) is 23.2 Å². The summed E-state index contributed by atoms with van der Waals surface area (Å²) in [5.74, 6) is 0.198. The largest absolute Gasteiger partial charge is 0.399 e. The highest BCUT2D eigenvalue weighted by molar-refractivity contribution is 7.98. The fourth-order valence-corrected chi connectivity index (χ4v) is 2.01. The van der Waals surface area contributed by atoms with Crippen molar-refractivity contribution in [3.8, 4) is 0 Å². The minimum Gasteiger partial charge on any atom is -0.399 e. The summed E-state index contributed by atoms with van der Waals surface area (Å²) in [5.41, 5.74) is 6.00. The maximum absolute atomic E-state index is 13.1. The van der Waals surface area contributed by atoms with Crippen LogP contribution in [0.4, 0.5) is 10.1 Å². The molecule has 0 aliphatic rings. The van der Waals surface area contributed by atoms with Gasteiger partial charge in [-0.05, 0) is 43.6 Å². The summed E-state index contributed by atoms with van der Waals surface area (Å²) in [6, 6.07) is 3.92. The zero-order valence-electron chi connectivity index (χ0n) is 10.00. The van der Waals surface area contributed by atoms with Crippen molar-refractivity contribution in [2.24, 2.45) is 0 Å². The molecule has 0 saturated carbocycles. The maximum Gasteiger partial charge on any atom is 0.251 e. The van der Waals surface area contributed by atoms with E-state index in [1.807, 2.05) is 13.2 Å². The van der Waals surface area contributed by atoms with Crippen molar-refractivity contribution in [3.63, 3.8) is 0 Å². The lowest BCUT2D eigenvalue weighted by molar-refractivity contribution is 0.0939. The van der Waals surface area contributed by atoms with E-state index in [4.69, 9.17) is 5.73 Å². The fourth-order valence-electron chi connectivity index (χ4n) is 1.42. The van der Waals surface area contributed by atoms with E-state index >= 15 is 0 Å². The van der Waals surface area contributed by atoms with Gasteiger partial charge < -0.3 is 11.1 Å². The van der Waals surface area contributed by atoms with Gasteiger partial charge in [0.05, 0.1) is 0 Å². The molecule has 3 nitrogen and oxygen atoms in total. The van der Waals surface area contributed by atoms with Crippen molar-refractivity contribution in [1.29, 1.82) is 0 Å². The van der Waals surface area contributed by atoms with Crippen LogP contribution in [0.15, 0.2) is 18.2 Å². The van der Waals surface area contributed by atoms with E-state index < -0.39 is 5.82 Å². The molecule has 0 aliphatic carbocycles. The fraction of sp³-hybridized carbons (Fsp3) is 0.417. The van der Waals surface area contributed by atoms with Gasteiger partial charge in [0.15, 0.2) is 0 Å². The highest BCUT2D eigenvalue weighted by atomic mass is 32.2. The molecule has 0 fully saturated rings. The topological polar surface area (TPSA) is 55.1 Å². The van der Waals surface area contributed by atoms with Gasteiger partial charge in [0.1, 0.15) is 5.82 Å². The predicted molar refractivity (Wildman–Crippen MR) is 70.7 cm³/mol. The average molecular weight is 256 g/mol. The normalized spacial score (nSPS) is 12.2. The molecule has 3 N–H and O–H groups in total. The third kappa shape index (κ3) is 4.65. The van der Waals surface area contributed by atoms with Gasteiger partial charge in [0, 0.05) is 17.3 Å². The molecule has 0 aliphatic heterocycles.